The Morgan fingerprint density at radius 1 is 0.778 bits per heavy atom. The summed E-state index contributed by atoms with van der Waals surface area (Å²) in [6.45, 7) is 4.86. The van der Waals surface area contributed by atoms with Gasteiger partial charge in [-0.25, -0.2) is 0 Å². The molecule has 0 saturated heterocycles. The summed E-state index contributed by atoms with van der Waals surface area (Å²) in [5, 5.41) is 4.49. The molecule has 1 N–H and O–H groups in total. The summed E-state index contributed by atoms with van der Waals surface area (Å²) in [5.41, 5.74) is 1.11. The third-order valence-corrected chi connectivity index (χ3v) is 7.47. The van der Waals surface area contributed by atoms with Gasteiger partial charge in [-0.1, -0.05) is 126 Å². The number of rotatable bonds is 22. The topological polar surface area (TPSA) is 29.1 Å². The molecule has 36 heavy (non-hydrogen) atoms. The summed E-state index contributed by atoms with van der Waals surface area (Å²) < 4.78 is 0.830. The maximum absolute atomic E-state index is 12.1. The van der Waals surface area contributed by atoms with Crippen molar-refractivity contribution in [2.45, 2.75) is 123 Å². The predicted molar refractivity (Wildman–Crippen MR) is 154 cm³/mol. The number of amides is 1. The molecule has 1 aromatic rings. The summed E-state index contributed by atoms with van der Waals surface area (Å²) >= 11 is 12.3. The average Bonchev–Trinajstić information content (AvgIpc) is 2.81. The average molecular weight is 564 g/mol. The van der Waals surface area contributed by atoms with Crippen molar-refractivity contribution in [1.82, 2.24) is 5.32 Å². The van der Waals surface area contributed by atoms with Gasteiger partial charge in [-0.15, -0.1) is 0 Å². The van der Waals surface area contributed by atoms with Crippen LogP contribution in [-0.4, -0.2) is 37.6 Å². The molecule has 0 aliphatic carbocycles. The molecular formula is C30H53Cl3N2O. The predicted octanol–water partition coefficient (Wildman–Crippen LogP) is 6.34. The van der Waals surface area contributed by atoms with Gasteiger partial charge in [0, 0.05) is 30.0 Å². The molecule has 0 fully saturated rings. The molecule has 0 heterocycles. The molecule has 0 aliphatic heterocycles. The van der Waals surface area contributed by atoms with Crippen molar-refractivity contribution in [3.8, 4) is 0 Å². The second-order valence-corrected chi connectivity index (χ2v) is 11.8. The van der Waals surface area contributed by atoms with E-state index in [1.807, 2.05) is 12.1 Å². The minimum atomic E-state index is 0. The second-order valence-electron chi connectivity index (χ2n) is 11.0. The monoisotopic (exact) mass is 562 g/mol. The number of halogens is 3. The van der Waals surface area contributed by atoms with E-state index in [0.29, 0.717) is 11.4 Å². The maximum atomic E-state index is 12.1. The van der Waals surface area contributed by atoms with Crippen molar-refractivity contribution < 1.29 is 21.7 Å². The van der Waals surface area contributed by atoms with Crippen molar-refractivity contribution in [3.63, 3.8) is 0 Å². The molecule has 0 aromatic heterocycles. The highest BCUT2D eigenvalue weighted by molar-refractivity contribution is 6.35. The van der Waals surface area contributed by atoms with E-state index in [0.717, 1.165) is 47.5 Å². The minimum Gasteiger partial charge on any atom is -1.00 e. The van der Waals surface area contributed by atoms with E-state index in [-0.39, 0.29) is 18.3 Å². The third kappa shape index (κ3) is 19.6. The van der Waals surface area contributed by atoms with Crippen molar-refractivity contribution in [3.05, 3.63) is 33.8 Å². The first-order chi connectivity index (χ1) is 16.8. The SMILES string of the molecule is CCCCCCCCCCCCCCCCCC(=O)NCCC[N+](C)(C)Cc1ccc(Cl)cc1Cl.[Cl-]. The number of unbranched alkanes of at least 4 members (excludes halogenated alkanes) is 14. The van der Waals surface area contributed by atoms with Crippen LogP contribution in [-0.2, 0) is 11.3 Å². The lowest BCUT2D eigenvalue weighted by molar-refractivity contribution is -0.903. The van der Waals surface area contributed by atoms with E-state index in [9.17, 15) is 4.79 Å². The largest absolute Gasteiger partial charge is 1.00 e. The Hall–Kier alpha value is -0.480. The quantitative estimate of drug-likeness (QED) is 0.129. The number of carbonyl (C=O) groups excluding carboxylic acids is 1. The number of nitrogens with one attached hydrogen (secondary N) is 1. The number of quaternary nitrogens is 1. The smallest absolute Gasteiger partial charge is 0.219 e. The normalized spacial score (nSPS) is 11.4. The third-order valence-electron chi connectivity index (χ3n) is 6.88. The molecule has 210 valence electrons. The Kier molecular flexibility index (Phi) is 22.2. The molecular weight excluding hydrogens is 511 g/mol. The molecule has 0 unspecified atom stereocenters. The van der Waals surface area contributed by atoms with Gasteiger partial charge < -0.3 is 22.2 Å². The molecule has 0 radical (unpaired) electrons. The van der Waals surface area contributed by atoms with E-state index in [1.54, 1.807) is 6.07 Å². The van der Waals surface area contributed by atoms with Crippen LogP contribution in [0.5, 0.6) is 0 Å². The van der Waals surface area contributed by atoms with Crippen LogP contribution >= 0.6 is 23.2 Å². The molecule has 1 aromatic carbocycles. The molecule has 6 heteroatoms. The summed E-state index contributed by atoms with van der Waals surface area (Å²) in [6.07, 6.45) is 21.9. The molecule has 1 rings (SSSR count). The Morgan fingerprint density at radius 2 is 1.28 bits per heavy atom. The van der Waals surface area contributed by atoms with Crippen molar-refractivity contribution in [2.24, 2.45) is 0 Å². The van der Waals surface area contributed by atoms with E-state index in [1.165, 1.54) is 89.9 Å². The van der Waals surface area contributed by atoms with Gasteiger partial charge in [-0.3, -0.25) is 4.79 Å². The number of hydrogen-bond donors (Lipinski definition) is 1. The van der Waals surface area contributed by atoms with Crippen LogP contribution in [0.2, 0.25) is 10.0 Å². The number of carbonyl (C=O) groups is 1. The fraction of sp³-hybridized carbons (Fsp3) is 0.767. The number of hydrogen-bond acceptors (Lipinski definition) is 1. The maximum Gasteiger partial charge on any atom is 0.219 e. The molecule has 1 amide bonds. The lowest BCUT2D eigenvalue weighted by Gasteiger charge is -2.30. The molecule has 0 aliphatic rings. The number of nitrogens with zero attached hydrogens (tertiary/aromatic N) is 1. The number of benzene rings is 1. The zero-order valence-corrected chi connectivity index (χ0v) is 25.6. The summed E-state index contributed by atoms with van der Waals surface area (Å²) in [5.74, 6) is 0.200. The van der Waals surface area contributed by atoms with E-state index in [4.69, 9.17) is 23.2 Å². The molecule has 0 bridgehead atoms. The van der Waals surface area contributed by atoms with Gasteiger partial charge in [0.05, 0.1) is 25.7 Å². The van der Waals surface area contributed by atoms with Crippen molar-refractivity contribution >= 4 is 29.1 Å². The van der Waals surface area contributed by atoms with Gasteiger partial charge in [0.1, 0.15) is 6.54 Å². The van der Waals surface area contributed by atoms with Crippen LogP contribution < -0.4 is 17.7 Å². The van der Waals surface area contributed by atoms with Crippen molar-refractivity contribution in [1.29, 1.82) is 0 Å². The van der Waals surface area contributed by atoms with E-state index < -0.39 is 0 Å². The van der Waals surface area contributed by atoms with Crippen LogP contribution in [0, 0.1) is 0 Å². The van der Waals surface area contributed by atoms with Crippen LogP contribution in [0.25, 0.3) is 0 Å². The van der Waals surface area contributed by atoms with Gasteiger partial charge in [0.25, 0.3) is 0 Å². The minimum absolute atomic E-state index is 0. The first kappa shape index (κ1) is 35.5. The lowest BCUT2D eigenvalue weighted by Crippen LogP contribution is -3.00. The fourth-order valence-electron chi connectivity index (χ4n) is 4.67. The fourth-order valence-corrected chi connectivity index (χ4v) is 5.14. The van der Waals surface area contributed by atoms with E-state index >= 15 is 0 Å². The van der Waals surface area contributed by atoms with E-state index in [2.05, 4.69) is 26.3 Å². The molecule has 3 nitrogen and oxygen atoms in total. The highest BCUT2D eigenvalue weighted by atomic mass is 35.5. The highest BCUT2D eigenvalue weighted by Gasteiger charge is 2.17. The van der Waals surface area contributed by atoms with Gasteiger partial charge in [0.15, 0.2) is 0 Å². The van der Waals surface area contributed by atoms with Gasteiger partial charge in [0.2, 0.25) is 5.91 Å². The molecule has 0 spiro atoms. The van der Waals surface area contributed by atoms with Crippen LogP contribution in [0.4, 0.5) is 0 Å². The zero-order chi connectivity index (χ0) is 25.8. The van der Waals surface area contributed by atoms with Crippen LogP contribution in [0.3, 0.4) is 0 Å². The molecule has 0 saturated carbocycles. The standard InChI is InChI=1S/C30H52Cl2N2O.ClH/c1-4-5-6-7-8-9-10-11-12-13-14-15-16-17-18-20-30(35)33-23-19-24-34(2,3)26-27-21-22-28(31)25-29(27)32;/h21-22,25H,4-20,23-24,26H2,1-3H3;1H. The Morgan fingerprint density at radius 3 is 1.78 bits per heavy atom. The lowest BCUT2D eigenvalue weighted by atomic mass is 10.0. The Balaban J connectivity index is 0.0000122. The summed E-state index contributed by atoms with van der Waals surface area (Å²) in [7, 11) is 4.39. The van der Waals surface area contributed by atoms with Crippen molar-refractivity contribution in [2.75, 3.05) is 27.2 Å². The van der Waals surface area contributed by atoms with Gasteiger partial charge >= 0.3 is 0 Å². The Labute approximate surface area is 239 Å². The van der Waals surface area contributed by atoms with Crippen LogP contribution in [0.15, 0.2) is 18.2 Å². The first-order valence-corrected chi connectivity index (χ1v) is 15.1. The molecule has 0 atom stereocenters. The van der Waals surface area contributed by atoms with Gasteiger partial charge in [-0.2, -0.15) is 0 Å². The summed E-state index contributed by atoms with van der Waals surface area (Å²) in [4.78, 5) is 12.1. The summed E-state index contributed by atoms with van der Waals surface area (Å²) in [6, 6.07) is 5.70. The van der Waals surface area contributed by atoms with Gasteiger partial charge in [-0.05, 0) is 18.6 Å². The zero-order valence-electron chi connectivity index (χ0n) is 23.4. The Bertz CT molecular complexity index is 682. The second kappa shape index (κ2) is 22.5. The first-order valence-electron chi connectivity index (χ1n) is 14.4. The highest BCUT2D eigenvalue weighted by Crippen LogP contribution is 2.23. The van der Waals surface area contributed by atoms with Crippen LogP contribution in [0.1, 0.15) is 122 Å².